The summed E-state index contributed by atoms with van der Waals surface area (Å²) in [6.07, 6.45) is 1.65. The molecule has 3 aromatic rings. The summed E-state index contributed by atoms with van der Waals surface area (Å²) >= 11 is 0. The molecule has 130 valence electrons. The predicted octanol–water partition coefficient (Wildman–Crippen LogP) is 3.81. The molecule has 0 saturated carbocycles. The fourth-order valence-corrected chi connectivity index (χ4v) is 2.71. The van der Waals surface area contributed by atoms with Crippen LogP contribution in [-0.4, -0.2) is 26.7 Å². The van der Waals surface area contributed by atoms with Gasteiger partial charge in [0.25, 0.3) is 5.91 Å². The van der Waals surface area contributed by atoms with Crippen molar-refractivity contribution in [2.24, 2.45) is 0 Å². The van der Waals surface area contributed by atoms with Crippen LogP contribution >= 0.6 is 0 Å². The van der Waals surface area contributed by atoms with Crippen LogP contribution in [0.1, 0.15) is 22.5 Å². The van der Waals surface area contributed by atoms with Crippen molar-refractivity contribution in [3.63, 3.8) is 0 Å². The van der Waals surface area contributed by atoms with Crippen LogP contribution in [0.15, 0.2) is 52.9 Å². The second-order valence-electron chi connectivity index (χ2n) is 5.70. The molecule has 25 heavy (non-hydrogen) atoms. The number of aryl methyl sites for hydroxylation is 1. The summed E-state index contributed by atoms with van der Waals surface area (Å²) < 4.78 is 16.1. The van der Waals surface area contributed by atoms with E-state index >= 15 is 0 Å². The van der Waals surface area contributed by atoms with Gasteiger partial charge < -0.3 is 19.2 Å². The number of methoxy groups -OCH3 is 2. The number of hydrogen-bond acceptors (Lipinski definition) is 4. The monoisotopic (exact) mass is 339 g/mol. The van der Waals surface area contributed by atoms with Crippen LogP contribution in [0.4, 0.5) is 0 Å². The first kappa shape index (κ1) is 16.9. The van der Waals surface area contributed by atoms with Crippen LogP contribution in [0.25, 0.3) is 11.0 Å². The zero-order chi connectivity index (χ0) is 17.6. The fourth-order valence-electron chi connectivity index (χ4n) is 2.71. The van der Waals surface area contributed by atoms with Crippen molar-refractivity contribution in [2.45, 2.75) is 12.8 Å². The van der Waals surface area contributed by atoms with Gasteiger partial charge in [-0.1, -0.05) is 24.3 Å². The summed E-state index contributed by atoms with van der Waals surface area (Å²) in [6, 6.07) is 15.2. The first-order valence-electron chi connectivity index (χ1n) is 8.19. The van der Waals surface area contributed by atoms with Crippen molar-refractivity contribution in [2.75, 3.05) is 20.8 Å². The van der Waals surface area contributed by atoms with E-state index < -0.39 is 0 Å². The third-order valence-electron chi connectivity index (χ3n) is 4.03. The maximum absolute atomic E-state index is 12.2. The van der Waals surface area contributed by atoms with Gasteiger partial charge in [-0.3, -0.25) is 4.79 Å². The smallest absolute Gasteiger partial charge is 0.287 e. The van der Waals surface area contributed by atoms with Crippen LogP contribution in [0.3, 0.4) is 0 Å². The molecule has 0 aliphatic carbocycles. The van der Waals surface area contributed by atoms with Crippen LogP contribution in [0.2, 0.25) is 0 Å². The number of para-hydroxylation sites is 1. The lowest BCUT2D eigenvalue weighted by molar-refractivity contribution is 0.0927. The molecule has 0 radical (unpaired) electrons. The molecule has 5 nitrogen and oxygen atoms in total. The summed E-state index contributed by atoms with van der Waals surface area (Å²) in [4.78, 5) is 12.2. The molecule has 5 heteroatoms. The van der Waals surface area contributed by atoms with Crippen LogP contribution in [0, 0.1) is 0 Å². The molecular weight excluding hydrogens is 318 g/mol. The van der Waals surface area contributed by atoms with Crippen LogP contribution in [-0.2, 0) is 6.42 Å². The lowest BCUT2D eigenvalue weighted by Gasteiger charge is -2.09. The normalized spacial score (nSPS) is 10.6. The van der Waals surface area contributed by atoms with Gasteiger partial charge in [-0.2, -0.15) is 0 Å². The molecule has 1 heterocycles. The number of benzene rings is 2. The number of hydrogen-bond donors (Lipinski definition) is 1. The molecule has 0 spiro atoms. The maximum Gasteiger partial charge on any atom is 0.287 e. The van der Waals surface area contributed by atoms with Crippen molar-refractivity contribution in [1.29, 1.82) is 0 Å². The van der Waals surface area contributed by atoms with Crippen LogP contribution in [0.5, 0.6) is 11.5 Å². The highest BCUT2D eigenvalue weighted by atomic mass is 16.5. The average molecular weight is 339 g/mol. The summed E-state index contributed by atoms with van der Waals surface area (Å²) in [5, 5.41) is 3.82. The maximum atomic E-state index is 12.2. The molecular formula is C20H21NO4. The van der Waals surface area contributed by atoms with Gasteiger partial charge in [-0.15, -0.1) is 0 Å². The summed E-state index contributed by atoms with van der Waals surface area (Å²) in [5.74, 6) is 1.58. The zero-order valence-electron chi connectivity index (χ0n) is 14.4. The quantitative estimate of drug-likeness (QED) is 0.665. The number of rotatable bonds is 7. The van der Waals surface area contributed by atoms with Crippen molar-refractivity contribution < 1.29 is 18.7 Å². The van der Waals surface area contributed by atoms with E-state index in [1.54, 1.807) is 20.3 Å². The number of nitrogens with one attached hydrogen (secondary N) is 1. The zero-order valence-corrected chi connectivity index (χ0v) is 14.4. The molecule has 0 aliphatic rings. The van der Waals surface area contributed by atoms with E-state index in [0.29, 0.717) is 23.8 Å². The van der Waals surface area contributed by atoms with E-state index in [-0.39, 0.29) is 5.91 Å². The highest BCUT2D eigenvalue weighted by molar-refractivity contribution is 5.96. The van der Waals surface area contributed by atoms with Crippen LogP contribution < -0.4 is 14.8 Å². The number of carbonyl (C=O) groups excluding carboxylic acids is 1. The minimum absolute atomic E-state index is 0.191. The molecule has 1 N–H and O–H groups in total. The number of fused-ring (bicyclic) bond motifs is 1. The summed E-state index contributed by atoms with van der Waals surface area (Å²) in [7, 11) is 3.24. The Morgan fingerprint density at radius 3 is 2.60 bits per heavy atom. The van der Waals surface area contributed by atoms with Gasteiger partial charge in [0.15, 0.2) is 17.3 Å². The van der Waals surface area contributed by atoms with Crippen molar-refractivity contribution in [3.8, 4) is 11.5 Å². The Balaban J connectivity index is 1.52. The standard InChI is InChI=1S/C20H21NO4/c1-23-17-10-9-14(12-18(17)24-2)6-5-11-21-20(22)19-13-15-7-3-4-8-16(15)25-19/h3-4,7-10,12-13H,5-6,11H2,1-2H3,(H,21,22). The Kier molecular flexibility index (Phi) is 5.23. The van der Waals surface area contributed by atoms with E-state index in [0.717, 1.165) is 29.4 Å². The molecule has 1 amide bonds. The Hall–Kier alpha value is -2.95. The van der Waals surface area contributed by atoms with Crippen molar-refractivity contribution >= 4 is 16.9 Å². The lowest BCUT2D eigenvalue weighted by Crippen LogP contribution is -2.24. The van der Waals surface area contributed by atoms with E-state index in [9.17, 15) is 4.79 Å². The minimum Gasteiger partial charge on any atom is -0.493 e. The highest BCUT2D eigenvalue weighted by Gasteiger charge is 2.11. The molecule has 0 fully saturated rings. The Labute approximate surface area is 146 Å². The number of amides is 1. The van der Waals surface area contributed by atoms with Crippen molar-refractivity contribution in [3.05, 3.63) is 59.9 Å². The molecule has 1 aromatic heterocycles. The largest absolute Gasteiger partial charge is 0.493 e. The van der Waals surface area contributed by atoms with E-state index in [2.05, 4.69) is 5.32 Å². The number of carbonyl (C=O) groups is 1. The molecule has 0 bridgehead atoms. The minimum atomic E-state index is -0.191. The number of ether oxygens (including phenoxy) is 2. The Bertz CT molecular complexity index is 836. The second-order valence-corrected chi connectivity index (χ2v) is 5.70. The molecule has 0 aliphatic heterocycles. The van der Waals surface area contributed by atoms with Gasteiger partial charge in [0.2, 0.25) is 0 Å². The average Bonchev–Trinajstić information content (AvgIpc) is 3.09. The lowest BCUT2D eigenvalue weighted by atomic mass is 10.1. The molecule has 0 atom stereocenters. The summed E-state index contributed by atoms with van der Waals surface area (Å²) in [6.45, 7) is 0.574. The second kappa shape index (κ2) is 7.75. The molecule has 3 rings (SSSR count). The Morgan fingerprint density at radius 1 is 1.04 bits per heavy atom. The third-order valence-corrected chi connectivity index (χ3v) is 4.03. The number of furan rings is 1. The summed E-state index contributed by atoms with van der Waals surface area (Å²) in [5.41, 5.74) is 1.86. The first-order chi connectivity index (χ1) is 12.2. The molecule has 0 saturated heterocycles. The van der Waals surface area contributed by atoms with Gasteiger partial charge >= 0.3 is 0 Å². The van der Waals surface area contributed by atoms with E-state index in [1.807, 2.05) is 42.5 Å². The topological polar surface area (TPSA) is 60.7 Å². The van der Waals surface area contributed by atoms with Gasteiger partial charge in [-0.05, 0) is 42.7 Å². The highest BCUT2D eigenvalue weighted by Crippen LogP contribution is 2.27. The van der Waals surface area contributed by atoms with E-state index in [4.69, 9.17) is 13.9 Å². The fraction of sp³-hybridized carbons (Fsp3) is 0.250. The van der Waals surface area contributed by atoms with Gasteiger partial charge in [0, 0.05) is 11.9 Å². The van der Waals surface area contributed by atoms with Crippen molar-refractivity contribution in [1.82, 2.24) is 5.32 Å². The van der Waals surface area contributed by atoms with Gasteiger partial charge in [0.1, 0.15) is 5.58 Å². The Morgan fingerprint density at radius 2 is 1.84 bits per heavy atom. The SMILES string of the molecule is COc1ccc(CCCNC(=O)c2cc3ccccc3o2)cc1OC. The first-order valence-corrected chi connectivity index (χ1v) is 8.19. The molecule has 0 unspecified atom stereocenters. The predicted molar refractivity (Wildman–Crippen MR) is 96.4 cm³/mol. The van der Waals surface area contributed by atoms with E-state index in [1.165, 1.54) is 0 Å². The van der Waals surface area contributed by atoms with Gasteiger partial charge in [-0.25, -0.2) is 0 Å². The third kappa shape index (κ3) is 3.94. The molecule has 2 aromatic carbocycles. The van der Waals surface area contributed by atoms with Gasteiger partial charge in [0.05, 0.1) is 14.2 Å².